The van der Waals surface area contributed by atoms with Gasteiger partial charge in [-0.3, -0.25) is 9.67 Å². The van der Waals surface area contributed by atoms with E-state index in [1.165, 1.54) is 0 Å². The predicted molar refractivity (Wildman–Crippen MR) is 102 cm³/mol. The molecule has 4 rings (SSSR count). The van der Waals surface area contributed by atoms with Gasteiger partial charge in [-0.2, -0.15) is 10.1 Å². The number of anilines is 2. The molecule has 1 N–H and O–H groups in total. The molecule has 1 aliphatic heterocycles. The highest BCUT2D eigenvalue weighted by Crippen LogP contribution is 2.25. The molecule has 1 fully saturated rings. The van der Waals surface area contributed by atoms with Gasteiger partial charge in [0.25, 0.3) is 0 Å². The van der Waals surface area contributed by atoms with Crippen LogP contribution in [0.4, 0.5) is 16.4 Å². The molecule has 10 heteroatoms. The van der Waals surface area contributed by atoms with Crippen molar-refractivity contribution < 1.29 is 9.53 Å². The van der Waals surface area contributed by atoms with E-state index in [4.69, 9.17) is 4.74 Å². The minimum absolute atomic E-state index is 0.243. The van der Waals surface area contributed by atoms with Crippen molar-refractivity contribution in [1.29, 1.82) is 0 Å². The van der Waals surface area contributed by atoms with E-state index in [9.17, 15) is 4.79 Å². The largest absolute Gasteiger partial charge is 0.444 e. The van der Waals surface area contributed by atoms with Crippen molar-refractivity contribution >= 4 is 23.4 Å². The van der Waals surface area contributed by atoms with Crippen LogP contribution in [0.2, 0.25) is 0 Å². The van der Waals surface area contributed by atoms with Gasteiger partial charge in [0, 0.05) is 31.7 Å². The number of hydrogen-bond acceptors (Lipinski definition) is 7. The van der Waals surface area contributed by atoms with Crippen LogP contribution in [-0.2, 0) is 4.74 Å². The number of amides is 1. The van der Waals surface area contributed by atoms with E-state index < -0.39 is 5.60 Å². The molecule has 3 aromatic rings. The summed E-state index contributed by atoms with van der Waals surface area (Å²) >= 11 is 0. The van der Waals surface area contributed by atoms with Crippen LogP contribution in [0.25, 0.3) is 5.65 Å². The molecule has 0 atom stereocenters. The molecule has 4 heterocycles. The minimum Gasteiger partial charge on any atom is -0.444 e. The molecule has 0 saturated carbocycles. The lowest BCUT2D eigenvalue weighted by Crippen LogP contribution is -2.42. The number of ether oxygens (including phenoxy) is 1. The van der Waals surface area contributed by atoms with Gasteiger partial charge >= 0.3 is 6.09 Å². The summed E-state index contributed by atoms with van der Waals surface area (Å²) in [5.41, 5.74) is 1.02. The lowest BCUT2D eigenvalue weighted by atomic mass is 10.1. The third-order valence-corrected chi connectivity index (χ3v) is 4.49. The van der Waals surface area contributed by atoms with Crippen molar-refractivity contribution in [3.8, 4) is 0 Å². The van der Waals surface area contributed by atoms with Gasteiger partial charge in [-0.25, -0.2) is 9.31 Å². The Hall–Kier alpha value is -3.17. The van der Waals surface area contributed by atoms with Crippen LogP contribution in [0.5, 0.6) is 0 Å². The number of aromatic nitrogens is 6. The van der Waals surface area contributed by atoms with Gasteiger partial charge in [-0.15, -0.1) is 5.10 Å². The summed E-state index contributed by atoms with van der Waals surface area (Å²) in [6, 6.07) is 0.243. The number of nitrogens with zero attached hydrogens (tertiary/aromatic N) is 7. The van der Waals surface area contributed by atoms with E-state index in [1.54, 1.807) is 34.2 Å². The first-order chi connectivity index (χ1) is 13.4. The van der Waals surface area contributed by atoms with Crippen molar-refractivity contribution in [1.82, 2.24) is 34.3 Å². The van der Waals surface area contributed by atoms with E-state index in [0.717, 1.165) is 18.5 Å². The Balaban J connectivity index is 1.35. The smallest absolute Gasteiger partial charge is 0.410 e. The van der Waals surface area contributed by atoms with Crippen LogP contribution in [0.1, 0.15) is 39.7 Å². The Morgan fingerprint density at radius 2 is 2.04 bits per heavy atom. The SMILES string of the molecule is CC(C)(C)OC(=O)N1CCC(n2cc(Nc3nc4cnccn4n3)cn2)CC1. The van der Waals surface area contributed by atoms with Crippen molar-refractivity contribution in [3.05, 3.63) is 31.0 Å². The first-order valence-electron chi connectivity index (χ1n) is 9.33. The third-order valence-electron chi connectivity index (χ3n) is 4.49. The maximum Gasteiger partial charge on any atom is 0.410 e. The van der Waals surface area contributed by atoms with E-state index in [2.05, 4.69) is 25.5 Å². The monoisotopic (exact) mass is 384 g/mol. The first-order valence-corrected chi connectivity index (χ1v) is 9.33. The third kappa shape index (κ3) is 4.05. The molecule has 0 unspecified atom stereocenters. The number of hydrogen-bond donors (Lipinski definition) is 1. The van der Waals surface area contributed by atoms with Crippen molar-refractivity contribution in [2.75, 3.05) is 18.4 Å². The zero-order chi connectivity index (χ0) is 19.7. The molecule has 0 spiro atoms. The van der Waals surface area contributed by atoms with Crippen LogP contribution < -0.4 is 5.32 Å². The van der Waals surface area contributed by atoms with E-state index in [0.29, 0.717) is 24.7 Å². The fourth-order valence-electron chi connectivity index (χ4n) is 3.17. The molecule has 0 bridgehead atoms. The first kappa shape index (κ1) is 18.2. The molecular weight excluding hydrogens is 360 g/mol. The Bertz CT molecular complexity index is 932. The average molecular weight is 384 g/mol. The molecule has 10 nitrogen and oxygen atoms in total. The molecule has 1 saturated heterocycles. The summed E-state index contributed by atoms with van der Waals surface area (Å²) in [5.74, 6) is 0.493. The molecule has 1 amide bonds. The van der Waals surface area contributed by atoms with Gasteiger partial charge in [0.1, 0.15) is 5.60 Å². The summed E-state index contributed by atoms with van der Waals surface area (Å²) in [6.45, 7) is 6.95. The normalized spacial score (nSPS) is 15.8. The number of likely N-dealkylation sites (tertiary alicyclic amines) is 1. The summed E-state index contributed by atoms with van der Waals surface area (Å²) < 4.78 is 9.04. The van der Waals surface area contributed by atoms with Crippen LogP contribution in [-0.4, -0.2) is 59.0 Å². The van der Waals surface area contributed by atoms with Gasteiger partial charge in [0.15, 0.2) is 5.65 Å². The van der Waals surface area contributed by atoms with E-state index in [-0.39, 0.29) is 12.1 Å². The minimum atomic E-state index is -0.474. The molecule has 0 radical (unpaired) electrons. The number of fused-ring (bicyclic) bond motifs is 1. The number of nitrogens with one attached hydrogen (secondary N) is 1. The molecule has 0 aromatic carbocycles. The van der Waals surface area contributed by atoms with Gasteiger partial charge in [0.2, 0.25) is 5.95 Å². The highest BCUT2D eigenvalue weighted by Gasteiger charge is 2.27. The number of piperidine rings is 1. The second-order valence-corrected chi connectivity index (χ2v) is 7.85. The topological polar surface area (TPSA) is 102 Å². The number of rotatable bonds is 3. The maximum atomic E-state index is 12.2. The van der Waals surface area contributed by atoms with Crippen LogP contribution in [0, 0.1) is 0 Å². The zero-order valence-electron chi connectivity index (χ0n) is 16.2. The van der Waals surface area contributed by atoms with Gasteiger partial charge in [-0.1, -0.05) is 0 Å². The maximum absolute atomic E-state index is 12.2. The molecule has 148 valence electrons. The van der Waals surface area contributed by atoms with Crippen LogP contribution >= 0.6 is 0 Å². The van der Waals surface area contributed by atoms with Crippen LogP contribution in [0.15, 0.2) is 31.0 Å². The molecule has 0 aliphatic carbocycles. The lowest BCUT2D eigenvalue weighted by Gasteiger charge is -2.33. The van der Waals surface area contributed by atoms with Gasteiger partial charge in [-0.05, 0) is 33.6 Å². The fraction of sp³-hybridized carbons (Fsp3) is 0.500. The summed E-state index contributed by atoms with van der Waals surface area (Å²) in [7, 11) is 0. The van der Waals surface area contributed by atoms with Crippen molar-refractivity contribution in [3.63, 3.8) is 0 Å². The fourth-order valence-corrected chi connectivity index (χ4v) is 3.17. The number of carbonyl (C=O) groups excluding carboxylic acids is 1. The Labute approximate surface area is 162 Å². The number of carbonyl (C=O) groups is 1. The molecule has 28 heavy (non-hydrogen) atoms. The Morgan fingerprint density at radius 3 is 2.75 bits per heavy atom. The lowest BCUT2D eigenvalue weighted by molar-refractivity contribution is 0.0185. The second-order valence-electron chi connectivity index (χ2n) is 7.85. The Morgan fingerprint density at radius 1 is 1.25 bits per heavy atom. The summed E-state index contributed by atoms with van der Waals surface area (Å²) in [5, 5.41) is 12.0. The quantitative estimate of drug-likeness (QED) is 0.740. The standard InChI is InChI=1S/C18H24N8O2/c1-18(2,3)28-17(27)24-7-4-14(5-8-24)26-12-13(10-20-26)21-16-22-15-11-19-6-9-25(15)23-16/h6,9-12,14H,4-5,7-8H2,1-3H3,(H,21,23). The second kappa shape index (κ2) is 7.10. The highest BCUT2D eigenvalue weighted by atomic mass is 16.6. The highest BCUT2D eigenvalue weighted by molar-refractivity contribution is 5.68. The van der Waals surface area contributed by atoms with E-state index >= 15 is 0 Å². The summed E-state index contributed by atoms with van der Waals surface area (Å²) in [4.78, 5) is 22.4. The van der Waals surface area contributed by atoms with Crippen LogP contribution in [0.3, 0.4) is 0 Å². The van der Waals surface area contributed by atoms with Gasteiger partial charge < -0.3 is 15.0 Å². The van der Waals surface area contributed by atoms with Crippen molar-refractivity contribution in [2.24, 2.45) is 0 Å². The van der Waals surface area contributed by atoms with Gasteiger partial charge in [0.05, 0.1) is 24.1 Å². The average Bonchev–Trinajstić information content (AvgIpc) is 3.27. The molecule has 1 aliphatic rings. The predicted octanol–water partition coefficient (Wildman–Crippen LogP) is 2.64. The zero-order valence-corrected chi connectivity index (χ0v) is 16.2. The summed E-state index contributed by atoms with van der Waals surface area (Å²) in [6.07, 6.45) is 10.2. The van der Waals surface area contributed by atoms with E-state index in [1.807, 2.05) is 31.6 Å². The molecule has 3 aromatic heterocycles. The molecular formula is C18H24N8O2. The van der Waals surface area contributed by atoms with Crippen molar-refractivity contribution in [2.45, 2.75) is 45.3 Å². The Kier molecular flexibility index (Phi) is 4.62.